The van der Waals surface area contributed by atoms with Crippen molar-refractivity contribution in [3.63, 3.8) is 0 Å². The van der Waals surface area contributed by atoms with Gasteiger partial charge in [-0.05, 0) is 23.9 Å². The molecule has 1 aromatic rings. The van der Waals surface area contributed by atoms with E-state index in [0.717, 1.165) is 11.8 Å². The van der Waals surface area contributed by atoms with Crippen LogP contribution in [0.3, 0.4) is 0 Å². The number of thiophene rings is 1. The van der Waals surface area contributed by atoms with Gasteiger partial charge in [0.1, 0.15) is 0 Å². The van der Waals surface area contributed by atoms with Crippen LogP contribution in [-0.2, 0) is 10.0 Å². The van der Waals surface area contributed by atoms with Gasteiger partial charge in [-0.1, -0.05) is 0 Å². The highest BCUT2D eigenvalue weighted by Gasteiger charge is 2.13. The number of aryl methyl sites for hydroxylation is 1. The van der Waals surface area contributed by atoms with Crippen LogP contribution < -0.4 is 4.72 Å². The third-order valence-electron chi connectivity index (χ3n) is 1.35. The molecule has 1 rings (SSSR count). The molecule has 1 N–H and O–H groups in total. The van der Waals surface area contributed by atoms with Crippen molar-refractivity contribution >= 4 is 27.3 Å². The van der Waals surface area contributed by atoms with Gasteiger partial charge in [0.2, 0.25) is 10.0 Å². The molecule has 0 fully saturated rings. The van der Waals surface area contributed by atoms with Crippen molar-refractivity contribution in [3.05, 3.63) is 21.9 Å². The van der Waals surface area contributed by atoms with Crippen LogP contribution in [0.25, 0.3) is 0 Å². The summed E-state index contributed by atoms with van der Waals surface area (Å²) in [5.74, 6) is -0.560. The highest BCUT2D eigenvalue weighted by Crippen LogP contribution is 2.15. The SMILES string of the molecule is Cc1ccsc1C(=O)NS(C)(=O)=O. The van der Waals surface area contributed by atoms with Gasteiger partial charge in [0.15, 0.2) is 0 Å². The molecule has 0 radical (unpaired) electrons. The summed E-state index contributed by atoms with van der Waals surface area (Å²) in [5, 5.41) is 1.74. The number of sulfonamides is 1. The second-order valence-corrected chi connectivity index (χ2v) is 5.30. The van der Waals surface area contributed by atoms with E-state index in [4.69, 9.17) is 0 Å². The molecule has 0 atom stereocenters. The number of carbonyl (C=O) groups excluding carboxylic acids is 1. The Hall–Kier alpha value is -0.880. The molecule has 0 bridgehead atoms. The summed E-state index contributed by atoms with van der Waals surface area (Å²) in [6.45, 7) is 1.76. The molecule has 0 saturated carbocycles. The molecule has 1 aromatic heterocycles. The fourth-order valence-corrected chi connectivity index (χ4v) is 2.14. The van der Waals surface area contributed by atoms with Crippen molar-refractivity contribution in [2.45, 2.75) is 6.92 Å². The number of hydrogen-bond acceptors (Lipinski definition) is 4. The van der Waals surface area contributed by atoms with E-state index in [-0.39, 0.29) is 0 Å². The predicted octanol–water partition coefficient (Wildman–Crippen LogP) is 0.746. The first-order valence-corrected chi connectivity index (χ1v) is 6.23. The van der Waals surface area contributed by atoms with Crippen molar-refractivity contribution in [2.24, 2.45) is 0 Å². The molecule has 0 unspecified atom stereocenters. The highest BCUT2D eigenvalue weighted by atomic mass is 32.2. The average Bonchev–Trinajstić information content (AvgIpc) is 2.30. The molecule has 0 aliphatic carbocycles. The highest BCUT2D eigenvalue weighted by molar-refractivity contribution is 7.89. The van der Waals surface area contributed by atoms with E-state index in [9.17, 15) is 13.2 Å². The largest absolute Gasteiger partial charge is 0.275 e. The summed E-state index contributed by atoms with van der Waals surface area (Å²) in [6, 6.07) is 1.77. The zero-order chi connectivity index (χ0) is 10.1. The number of rotatable bonds is 2. The first kappa shape index (κ1) is 10.2. The first-order valence-electron chi connectivity index (χ1n) is 3.46. The van der Waals surface area contributed by atoms with Crippen molar-refractivity contribution in [1.29, 1.82) is 0 Å². The Labute approximate surface area is 80.6 Å². The molecule has 0 spiro atoms. The molecule has 6 heteroatoms. The Bertz CT molecular complexity index is 419. The van der Waals surface area contributed by atoms with E-state index in [1.54, 1.807) is 18.4 Å². The van der Waals surface area contributed by atoms with Crippen molar-refractivity contribution < 1.29 is 13.2 Å². The lowest BCUT2D eigenvalue weighted by Crippen LogP contribution is -2.29. The Balaban J connectivity index is 2.88. The Morgan fingerprint density at radius 3 is 2.54 bits per heavy atom. The van der Waals surface area contributed by atoms with Crippen LogP contribution in [0.1, 0.15) is 15.2 Å². The Morgan fingerprint density at radius 2 is 2.15 bits per heavy atom. The van der Waals surface area contributed by atoms with Crippen LogP contribution in [0.2, 0.25) is 0 Å². The van der Waals surface area contributed by atoms with Crippen molar-refractivity contribution in [2.75, 3.05) is 6.26 Å². The second kappa shape index (κ2) is 3.47. The molecule has 0 saturated heterocycles. The van der Waals surface area contributed by atoms with Crippen LogP contribution in [0.4, 0.5) is 0 Å². The molecule has 1 heterocycles. The minimum atomic E-state index is -3.46. The molecular weight excluding hydrogens is 210 g/mol. The van der Waals surface area contributed by atoms with Gasteiger partial charge in [-0.25, -0.2) is 13.1 Å². The minimum Gasteiger partial charge on any atom is -0.267 e. The van der Waals surface area contributed by atoms with E-state index in [1.165, 1.54) is 11.3 Å². The summed E-state index contributed by atoms with van der Waals surface area (Å²) in [6.07, 6.45) is 0.952. The maximum atomic E-state index is 11.3. The molecule has 0 aliphatic rings. The van der Waals surface area contributed by atoms with Gasteiger partial charge < -0.3 is 0 Å². The van der Waals surface area contributed by atoms with Crippen LogP contribution in [0.5, 0.6) is 0 Å². The number of amides is 1. The standard InChI is InChI=1S/C7H9NO3S2/c1-5-3-4-12-6(5)7(9)8-13(2,10)11/h3-4H,1-2H3,(H,8,9). The zero-order valence-electron chi connectivity index (χ0n) is 7.20. The normalized spacial score (nSPS) is 11.2. The quantitative estimate of drug-likeness (QED) is 0.798. The second-order valence-electron chi connectivity index (χ2n) is 2.64. The van der Waals surface area contributed by atoms with Crippen molar-refractivity contribution in [1.82, 2.24) is 4.72 Å². The van der Waals surface area contributed by atoms with E-state index in [2.05, 4.69) is 0 Å². The average molecular weight is 219 g/mol. The monoisotopic (exact) mass is 219 g/mol. The van der Waals surface area contributed by atoms with Gasteiger partial charge in [0.25, 0.3) is 5.91 Å². The number of hydrogen-bond donors (Lipinski definition) is 1. The third-order valence-corrected chi connectivity index (χ3v) is 2.92. The van der Waals surface area contributed by atoms with E-state index < -0.39 is 15.9 Å². The molecular formula is C7H9NO3S2. The molecule has 0 aliphatic heterocycles. The van der Waals surface area contributed by atoms with Gasteiger partial charge in [-0.3, -0.25) is 4.79 Å². The lowest BCUT2D eigenvalue weighted by atomic mass is 10.3. The topological polar surface area (TPSA) is 63.2 Å². The molecule has 0 aromatic carbocycles. The van der Waals surface area contributed by atoms with Crippen LogP contribution in [0, 0.1) is 6.92 Å². The fourth-order valence-electron chi connectivity index (χ4n) is 0.820. The van der Waals surface area contributed by atoms with Gasteiger partial charge in [0.05, 0.1) is 11.1 Å². The maximum absolute atomic E-state index is 11.3. The number of carbonyl (C=O) groups is 1. The van der Waals surface area contributed by atoms with Gasteiger partial charge in [0, 0.05) is 0 Å². The Kier molecular flexibility index (Phi) is 2.72. The maximum Gasteiger partial charge on any atom is 0.275 e. The van der Waals surface area contributed by atoms with Crippen LogP contribution in [-0.4, -0.2) is 20.6 Å². The van der Waals surface area contributed by atoms with Crippen LogP contribution in [0.15, 0.2) is 11.4 Å². The molecule has 13 heavy (non-hydrogen) atoms. The zero-order valence-corrected chi connectivity index (χ0v) is 8.83. The van der Waals surface area contributed by atoms with Gasteiger partial charge in [-0.2, -0.15) is 0 Å². The summed E-state index contributed by atoms with van der Waals surface area (Å²) in [7, 11) is -3.46. The molecule has 4 nitrogen and oxygen atoms in total. The minimum absolute atomic E-state index is 0.436. The van der Waals surface area contributed by atoms with E-state index in [0.29, 0.717) is 4.88 Å². The summed E-state index contributed by atoms with van der Waals surface area (Å²) in [4.78, 5) is 11.7. The molecule has 72 valence electrons. The number of nitrogens with one attached hydrogen (secondary N) is 1. The van der Waals surface area contributed by atoms with Gasteiger partial charge >= 0.3 is 0 Å². The summed E-state index contributed by atoms with van der Waals surface area (Å²) in [5.41, 5.74) is 0.783. The molecule has 1 amide bonds. The van der Waals surface area contributed by atoms with Crippen LogP contribution >= 0.6 is 11.3 Å². The van der Waals surface area contributed by atoms with E-state index >= 15 is 0 Å². The lowest BCUT2D eigenvalue weighted by molar-refractivity contribution is 0.0985. The van der Waals surface area contributed by atoms with E-state index in [1.807, 2.05) is 4.72 Å². The van der Waals surface area contributed by atoms with Gasteiger partial charge in [-0.15, -0.1) is 11.3 Å². The summed E-state index contributed by atoms with van der Waals surface area (Å²) < 4.78 is 23.3. The first-order chi connectivity index (χ1) is 5.90. The predicted molar refractivity (Wildman–Crippen MR) is 51.4 cm³/mol. The lowest BCUT2D eigenvalue weighted by Gasteiger charge is -2.00. The fraction of sp³-hybridized carbons (Fsp3) is 0.286. The third kappa shape index (κ3) is 2.82. The van der Waals surface area contributed by atoms with Crippen molar-refractivity contribution in [3.8, 4) is 0 Å². The summed E-state index contributed by atoms with van der Waals surface area (Å²) >= 11 is 1.22. The Morgan fingerprint density at radius 1 is 1.54 bits per heavy atom. The smallest absolute Gasteiger partial charge is 0.267 e.